The molecule has 0 radical (unpaired) electrons. The van der Waals surface area contributed by atoms with E-state index in [2.05, 4.69) is 20.9 Å². The van der Waals surface area contributed by atoms with Crippen LogP contribution in [0.25, 0.3) is 0 Å². The van der Waals surface area contributed by atoms with E-state index in [9.17, 15) is 14.4 Å². The number of rotatable bonds is 7. The monoisotopic (exact) mass is 455 g/mol. The Balaban J connectivity index is 1.66. The number of amides is 2. The van der Waals surface area contributed by atoms with Gasteiger partial charge in [0.2, 0.25) is 5.91 Å². The topological polar surface area (TPSA) is 115 Å². The Morgan fingerprint density at radius 3 is 2.59 bits per heavy atom. The highest BCUT2D eigenvalue weighted by atomic mass is 35.5. The second-order valence-corrected chi connectivity index (χ2v) is 7.38. The Morgan fingerprint density at radius 2 is 1.88 bits per heavy atom. The van der Waals surface area contributed by atoms with Crippen LogP contribution in [-0.2, 0) is 16.1 Å². The van der Waals surface area contributed by atoms with E-state index in [4.69, 9.17) is 16.3 Å². The summed E-state index contributed by atoms with van der Waals surface area (Å²) in [7, 11) is 0. The van der Waals surface area contributed by atoms with Gasteiger partial charge in [0.25, 0.3) is 5.91 Å². The zero-order valence-corrected chi connectivity index (χ0v) is 18.6. The smallest absolute Gasteiger partial charge is 0.338 e. The number of nitrogens with one attached hydrogen (secondary N) is 2. The number of carbonyl (C=O) groups is 3. The summed E-state index contributed by atoms with van der Waals surface area (Å²) >= 11 is 6.16. The number of benzene rings is 2. The van der Waals surface area contributed by atoms with Crippen molar-refractivity contribution in [1.82, 2.24) is 15.0 Å². The zero-order valence-electron chi connectivity index (χ0n) is 17.8. The van der Waals surface area contributed by atoms with Crippen molar-refractivity contribution in [1.29, 1.82) is 0 Å². The summed E-state index contributed by atoms with van der Waals surface area (Å²) < 4.78 is 6.28. The lowest BCUT2D eigenvalue weighted by atomic mass is 10.2. The summed E-state index contributed by atoms with van der Waals surface area (Å²) in [4.78, 5) is 36.9. The van der Waals surface area contributed by atoms with Crippen LogP contribution in [0.2, 0.25) is 5.02 Å². The highest BCUT2D eigenvalue weighted by Crippen LogP contribution is 2.23. The van der Waals surface area contributed by atoms with Gasteiger partial charge < -0.3 is 15.4 Å². The van der Waals surface area contributed by atoms with Gasteiger partial charge in [-0.1, -0.05) is 28.9 Å². The molecule has 1 aromatic heterocycles. The molecule has 166 valence electrons. The van der Waals surface area contributed by atoms with Crippen molar-refractivity contribution < 1.29 is 19.1 Å². The number of aryl methyl sites for hydroxylation is 1. The second kappa shape index (κ2) is 10.1. The standard InChI is InChI=1S/C22H22ClN5O4/c1-4-32-22(31)15-6-5-7-16(11-15)24-19(29)12-28-14(3)20(26-27-28)21(30)25-18-9-8-13(2)10-17(18)23/h5-11H,4,12H2,1-3H3,(H,24,29)(H,25,30). The molecule has 0 aliphatic carbocycles. The van der Waals surface area contributed by atoms with Crippen LogP contribution >= 0.6 is 11.6 Å². The highest BCUT2D eigenvalue weighted by Gasteiger charge is 2.19. The van der Waals surface area contributed by atoms with Gasteiger partial charge in [-0.15, -0.1) is 5.10 Å². The van der Waals surface area contributed by atoms with Gasteiger partial charge in [-0.25, -0.2) is 9.48 Å². The zero-order chi connectivity index (χ0) is 23.3. The van der Waals surface area contributed by atoms with E-state index in [-0.39, 0.29) is 18.8 Å². The number of aromatic nitrogens is 3. The number of hydrogen-bond acceptors (Lipinski definition) is 6. The molecule has 2 N–H and O–H groups in total. The minimum Gasteiger partial charge on any atom is -0.462 e. The third kappa shape index (κ3) is 5.50. The molecule has 0 saturated heterocycles. The number of esters is 1. The largest absolute Gasteiger partial charge is 0.462 e. The number of anilines is 2. The number of halogens is 1. The van der Waals surface area contributed by atoms with E-state index in [1.807, 2.05) is 13.0 Å². The Morgan fingerprint density at radius 1 is 1.09 bits per heavy atom. The van der Waals surface area contributed by atoms with Gasteiger partial charge in [0.1, 0.15) is 6.54 Å². The fourth-order valence-corrected chi connectivity index (χ4v) is 3.18. The maximum absolute atomic E-state index is 12.6. The van der Waals surface area contributed by atoms with Crippen molar-refractivity contribution in [2.24, 2.45) is 0 Å². The molecule has 3 rings (SSSR count). The van der Waals surface area contributed by atoms with Crippen LogP contribution in [0.4, 0.5) is 11.4 Å². The quantitative estimate of drug-likeness (QED) is 0.526. The van der Waals surface area contributed by atoms with Crippen molar-refractivity contribution in [2.75, 3.05) is 17.2 Å². The van der Waals surface area contributed by atoms with E-state index in [1.54, 1.807) is 44.2 Å². The van der Waals surface area contributed by atoms with Crippen molar-refractivity contribution >= 4 is 40.8 Å². The molecule has 9 nitrogen and oxygen atoms in total. The van der Waals surface area contributed by atoms with Crippen LogP contribution in [0.1, 0.15) is 39.0 Å². The van der Waals surface area contributed by atoms with Crippen LogP contribution in [0.5, 0.6) is 0 Å². The summed E-state index contributed by atoms with van der Waals surface area (Å²) in [5.41, 5.74) is 2.69. The van der Waals surface area contributed by atoms with Gasteiger partial charge in [0.05, 0.1) is 28.6 Å². The summed E-state index contributed by atoms with van der Waals surface area (Å²) in [5, 5.41) is 13.6. The molecule has 0 atom stereocenters. The molecule has 0 bridgehead atoms. The third-order valence-corrected chi connectivity index (χ3v) is 4.83. The first kappa shape index (κ1) is 23.0. The Kier molecular flexibility index (Phi) is 7.21. The molecule has 0 spiro atoms. The molecule has 0 saturated carbocycles. The van der Waals surface area contributed by atoms with Crippen LogP contribution in [-0.4, -0.2) is 39.4 Å². The molecule has 1 heterocycles. The van der Waals surface area contributed by atoms with Crippen LogP contribution in [0, 0.1) is 13.8 Å². The van der Waals surface area contributed by atoms with E-state index in [0.29, 0.717) is 27.7 Å². The minimum atomic E-state index is -0.484. The third-order valence-electron chi connectivity index (χ3n) is 4.52. The lowest BCUT2D eigenvalue weighted by Gasteiger charge is -2.09. The molecule has 0 unspecified atom stereocenters. The summed E-state index contributed by atoms with van der Waals surface area (Å²) in [6, 6.07) is 11.7. The average molecular weight is 456 g/mol. The predicted octanol–water partition coefficient (Wildman–Crippen LogP) is 3.62. The summed E-state index contributed by atoms with van der Waals surface area (Å²) in [6.45, 7) is 5.34. The molecule has 32 heavy (non-hydrogen) atoms. The van der Waals surface area contributed by atoms with Gasteiger partial charge in [0.15, 0.2) is 5.69 Å². The van der Waals surface area contributed by atoms with Crippen molar-refractivity contribution in [2.45, 2.75) is 27.3 Å². The molecule has 10 heteroatoms. The first-order valence-corrected chi connectivity index (χ1v) is 10.2. The number of nitrogens with zero attached hydrogens (tertiary/aromatic N) is 3. The molecule has 2 amide bonds. The summed E-state index contributed by atoms with van der Waals surface area (Å²) in [5.74, 6) is -1.35. The molecule has 0 fully saturated rings. The minimum absolute atomic E-state index is 0.0822. The lowest BCUT2D eigenvalue weighted by Crippen LogP contribution is -2.21. The fraction of sp³-hybridized carbons (Fsp3) is 0.227. The number of hydrogen-bond donors (Lipinski definition) is 2. The van der Waals surface area contributed by atoms with Crippen molar-refractivity contribution in [3.05, 3.63) is 70.0 Å². The average Bonchev–Trinajstić information content (AvgIpc) is 3.10. The number of carbonyl (C=O) groups excluding carboxylic acids is 3. The van der Waals surface area contributed by atoms with E-state index in [1.165, 1.54) is 10.7 Å². The van der Waals surface area contributed by atoms with Gasteiger partial charge in [0, 0.05) is 5.69 Å². The van der Waals surface area contributed by atoms with Gasteiger partial charge in [-0.2, -0.15) is 0 Å². The molecule has 0 aliphatic rings. The van der Waals surface area contributed by atoms with Crippen LogP contribution < -0.4 is 10.6 Å². The molecule has 0 aliphatic heterocycles. The SMILES string of the molecule is CCOC(=O)c1cccc(NC(=O)Cn2nnc(C(=O)Nc3ccc(C)cc3Cl)c2C)c1. The Labute approximate surface area is 189 Å². The van der Waals surface area contributed by atoms with E-state index < -0.39 is 17.8 Å². The van der Waals surface area contributed by atoms with Gasteiger partial charge >= 0.3 is 5.97 Å². The van der Waals surface area contributed by atoms with Crippen molar-refractivity contribution in [3.8, 4) is 0 Å². The van der Waals surface area contributed by atoms with Gasteiger partial charge in [-0.05, 0) is 56.7 Å². The first-order chi connectivity index (χ1) is 15.3. The van der Waals surface area contributed by atoms with E-state index in [0.717, 1.165) is 5.56 Å². The molecular weight excluding hydrogens is 434 g/mol. The van der Waals surface area contributed by atoms with Gasteiger partial charge in [-0.3, -0.25) is 9.59 Å². The van der Waals surface area contributed by atoms with Crippen LogP contribution in [0.15, 0.2) is 42.5 Å². The Hall–Kier alpha value is -3.72. The second-order valence-electron chi connectivity index (χ2n) is 6.97. The van der Waals surface area contributed by atoms with E-state index >= 15 is 0 Å². The maximum Gasteiger partial charge on any atom is 0.338 e. The first-order valence-electron chi connectivity index (χ1n) is 9.83. The highest BCUT2D eigenvalue weighted by molar-refractivity contribution is 6.34. The fourth-order valence-electron chi connectivity index (χ4n) is 2.90. The number of ether oxygens (including phenoxy) is 1. The lowest BCUT2D eigenvalue weighted by molar-refractivity contribution is -0.117. The molecular formula is C22H22ClN5O4. The maximum atomic E-state index is 12.6. The molecule has 3 aromatic rings. The normalized spacial score (nSPS) is 10.5. The predicted molar refractivity (Wildman–Crippen MR) is 120 cm³/mol. The molecule has 2 aromatic carbocycles. The Bertz CT molecular complexity index is 1170. The summed E-state index contributed by atoms with van der Waals surface area (Å²) in [6.07, 6.45) is 0. The van der Waals surface area contributed by atoms with Crippen molar-refractivity contribution in [3.63, 3.8) is 0 Å². The van der Waals surface area contributed by atoms with Crippen LogP contribution in [0.3, 0.4) is 0 Å².